The third-order valence-electron chi connectivity index (χ3n) is 4.90. The van der Waals surface area contributed by atoms with Crippen molar-refractivity contribution in [1.29, 1.82) is 0 Å². The van der Waals surface area contributed by atoms with Crippen LogP contribution < -0.4 is 0 Å². The summed E-state index contributed by atoms with van der Waals surface area (Å²) >= 11 is 0. The fraction of sp³-hybridized carbons (Fsp3) is 0.500. The summed E-state index contributed by atoms with van der Waals surface area (Å²) in [5.41, 5.74) is 2.25. The van der Waals surface area contributed by atoms with Crippen LogP contribution in [0.25, 0.3) is 11.3 Å². The van der Waals surface area contributed by atoms with Crippen molar-refractivity contribution in [3.8, 4) is 11.3 Å². The van der Waals surface area contributed by atoms with Crippen molar-refractivity contribution in [2.75, 3.05) is 6.54 Å². The molecule has 1 heterocycles. The Morgan fingerprint density at radius 2 is 1.96 bits per heavy atom. The molecule has 0 radical (unpaired) electrons. The van der Waals surface area contributed by atoms with Crippen LogP contribution >= 0.6 is 0 Å². The molecule has 4 nitrogen and oxygen atoms in total. The molecular weight excluding hydrogens is 300 g/mol. The van der Waals surface area contributed by atoms with Crippen LogP contribution in [0.2, 0.25) is 0 Å². The van der Waals surface area contributed by atoms with Gasteiger partial charge in [0.1, 0.15) is 0 Å². The summed E-state index contributed by atoms with van der Waals surface area (Å²) in [6.45, 7) is 3.03. The Morgan fingerprint density at radius 3 is 2.62 bits per heavy atom. The third-order valence-corrected chi connectivity index (χ3v) is 4.90. The van der Waals surface area contributed by atoms with E-state index in [1.54, 1.807) is 6.20 Å². The lowest BCUT2D eigenvalue weighted by molar-refractivity contribution is -0.132. The Balaban J connectivity index is 1.35. The molecule has 2 aliphatic rings. The highest BCUT2D eigenvalue weighted by Gasteiger charge is 2.36. The predicted octanol–water partition coefficient (Wildman–Crippen LogP) is 3.98. The lowest BCUT2D eigenvalue weighted by Crippen LogP contribution is -2.35. The van der Waals surface area contributed by atoms with Gasteiger partial charge in [-0.2, -0.15) is 0 Å². The molecule has 0 atom stereocenters. The maximum Gasteiger partial charge on any atom is 0.223 e. The standard InChI is InChI=1S/C20H24N2O2/c1-14-2-6-16(7-3-14)18-12-21-19(24-18)10-11-20(23)22(17-8-9-17)13-15-4-5-15/h2-3,6-7,12,15,17H,4-5,8-11,13H2,1H3. The van der Waals surface area contributed by atoms with Gasteiger partial charge in [0.2, 0.25) is 5.91 Å². The van der Waals surface area contributed by atoms with Gasteiger partial charge < -0.3 is 9.32 Å². The van der Waals surface area contributed by atoms with E-state index in [2.05, 4.69) is 28.9 Å². The van der Waals surface area contributed by atoms with Crippen molar-refractivity contribution in [3.63, 3.8) is 0 Å². The minimum Gasteiger partial charge on any atom is -0.441 e. The molecule has 0 aliphatic heterocycles. The van der Waals surface area contributed by atoms with E-state index in [0.29, 0.717) is 24.8 Å². The van der Waals surface area contributed by atoms with Gasteiger partial charge in [-0.05, 0) is 38.5 Å². The average molecular weight is 324 g/mol. The highest BCUT2D eigenvalue weighted by molar-refractivity contribution is 5.77. The third kappa shape index (κ3) is 3.69. The number of oxazole rings is 1. The van der Waals surface area contributed by atoms with Crippen molar-refractivity contribution in [2.45, 2.75) is 51.5 Å². The number of rotatable bonds is 7. The molecule has 1 aromatic carbocycles. The zero-order valence-corrected chi connectivity index (χ0v) is 14.2. The van der Waals surface area contributed by atoms with Crippen LogP contribution in [-0.4, -0.2) is 28.4 Å². The fourth-order valence-corrected chi connectivity index (χ4v) is 3.05. The van der Waals surface area contributed by atoms with Crippen molar-refractivity contribution < 1.29 is 9.21 Å². The molecule has 0 spiro atoms. The smallest absolute Gasteiger partial charge is 0.223 e. The van der Waals surface area contributed by atoms with Crippen molar-refractivity contribution in [1.82, 2.24) is 9.88 Å². The summed E-state index contributed by atoms with van der Waals surface area (Å²) in [4.78, 5) is 19.0. The first-order valence-corrected chi connectivity index (χ1v) is 9.00. The van der Waals surface area contributed by atoms with Crippen LogP contribution in [0.3, 0.4) is 0 Å². The fourth-order valence-electron chi connectivity index (χ4n) is 3.05. The molecule has 0 bridgehead atoms. The first kappa shape index (κ1) is 15.4. The second kappa shape index (κ2) is 6.42. The van der Waals surface area contributed by atoms with Gasteiger partial charge in [0.25, 0.3) is 0 Å². The van der Waals surface area contributed by atoms with E-state index in [9.17, 15) is 4.79 Å². The van der Waals surface area contributed by atoms with Crippen molar-refractivity contribution >= 4 is 5.91 Å². The number of carbonyl (C=O) groups excluding carboxylic acids is 1. The first-order chi connectivity index (χ1) is 11.7. The lowest BCUT2D eigenvalue weighted by Gasteiger charge is -2.22. The highest BCUT2D eigenvalue weighted by Crippen LogP contribution is 2.35. The predicted molar refractivity (Wildman–Crippen MR) is 92.5 cm³/mol. The quantitative estimate of drug-likeness (QED) is 0.774. The van der Waals surface area contributed by atoms with Crippen LogP contribution in [0.1, 0.15) is 43.6 Å². The molecule has 0 unspecified atom stereocenters. The second-order valence-electron chi connectivity index (χ2n) is 7.20. The van der Waals surface area contributed by atoms with E-state index in [4.69, 9.17) is 4.42 Å². The number of hydrogen-bond acceptors (Lipinski definition) is 3. The minimum absolute atomic E-state index is 0.263. The summed E-state index contributed by atoms with van der Waals surface area (Å²) in [5.74, 6) is 2.44. The number of aryl methyl sites for hydroxylation is 2. The zero-order chi connectivity index (χ0) is 16.5. The molecule has 1 amide bonds. The molecule has 1 aromatic heterocycles. The molecule has 4 heteroatoms. The number of benzene rings is 1. The van der Waals surface area contributed by atoms with E-state index < -0.39 is 0 Å². The van der Waals surface area contributed by atoms with E-state index in [-0.39, 0.29) is 5.91 Å². The van der Waals surface area contributed by atoms with Gasteiger partial charge in [0.15, 0.2) is 11.7 Å². The van der Waals surface area contributed by atoms with Crippen LogP contribution in [0, 0.1) is 12.8 Å². The van der Waals surface area contributed by atoms with Gasteiger partial charge in [0, 0.05) is 31.0 Å². The molecule has 126 valence electrons. The van der Waals surface area contributed by atoms with E-state index in [0.717, 1.165) is 23.8 Å². The maximum atomic E-state index is 12.5. The molecular formula is C20H24N2O2. The van der Waals surface area contributed by atoms with Gasteiger partial charge >= 0.3 is 0 Å². The summed E-state index contributed by atoms with van der Waals surface area (Å²) in [6.07, 6.45) is 7.76. The highest BCUT2D eigenvalue weighted by atomic mass is 16.4. The topological polar surface area (TPSA) is 46.3 Å². The summed E-state index contributed by atoms with van der Waals surface area (Å²) in [6, 6.07) is 8.70. The van der Waals surface area contributed by atoms with Crippen LogP contribution in [-0.2, 0) is 11.2 Å². The van der Waals surface area contributed by atoms with E-state index >= 15 is 0 Å². The van der Waals surface area contributed by atoms with Crippen molar-refractivity contribution in [3.05, 3.63) is 41.9 Å². The van der Waals surface area contributed by atoms with Gasteiger partial charge in [-0.15, -0.1) is 0 Å². The number of amides is 1. The molecule has 4 rings (SSSR count). The Labute approximate surface area is 142 Å². The monoisotopic (exact) mass is 324 g/mol. The van der Waals surface area contributed by atoms with Gasteiger partial charge in [-0.1, -0.05) is 29.8 Å². The molecule has 0 saturated heterocycles. The van der Waals surface area contributed by atoms with E-state index in [1.807, 2.05) is 12.1 Å². The molecule has 0 N–H and O–H groups in total. The Hall–Kier alpha value is -2.10. The summed E-state index contributed by atoms with van der Waals surface area (Å²) in [5, 5.41) is 0. The molecule has 2 saturated carbocycles. The number of nitrogens with zero attached hydrogens (tertiary/aromatic N) is 2. The van der Waals surface area contributed by atoms with Gasteiger partial charge in [-0.3, -0.25) is 4.79 Å². The van der Waals surface area contributed by atoms with Gasteiger partial charge in [0.05, 0.1) is 6.20 Å². The molecule has 24 heavy (non-hydrogen) atoms. The Bertz CT molecular complexity index is 711. The Kier molecular flexibility index (Phi) is 4.13. The van der Waals surface area contributed by atoms with E-state index in [1.165, 1.54) is 31.2 Å². The number of aromatic nitrogens is 1. The molecule has 2 aromatic rings. The molecule has 2 fully saturated rings. The van der Waals surface area contributed by atoms with Gasteiger partial charge in [-0.25, -0.2) is 4.98 Å². The lowest BCUT2D eigenvalue weighted by atomic mass is 10.1. The molecule has 2 aliphatic carbocycles. The van der Waals surface area contributed by atoms with Crippen LogP contribution in [0.15, 0.2) is 34.9 Å². The largest absolute Gasteiger partial charge is 0.441 e. The average Bonchev–Trinajstić information content (AvgIpc) is 3.50. The maximum absolute atomic E-state index is 12.5. The van der Waals surface area contributed by atoms with Crippen LogP contribution in [0.4, 0.5) is 0 Å². The zero-order valence-electron chi connectivity index (χ0n) is 14.2. The first-order valence-electron chi connectivity index (χ1n) is 9.00. The summed E-state index contributed by atoms with van der Waals surface area (Å²) in [7, 11) is 0. The number of hydrogen-bond donors (Lipinski definition) is 0. The summed E-state index contributed by atoms with van der Waals surface area (Å²) < 4.78 is 5.83. The van der Waals surface area contributed by atoms with Crippen molar-refractivity contribution in [2.24, 2.45) is 5.92 Å². The minimum atomic E-state index is 0.263. The number of carbonyl (C=O) groups is 1. The SMILES string of the molecule is Cc1ccc(-c2cnc(CCC(=O)N(CC3CC3)C3CC3)o2)cc1. The normalized spacial score (nSPS) is 17.0. The second-order valence-corrected chi connectivity index (χ2v) is 7.20. The van der Waals surface area contributed by atoms with Crippen LogP contribution in [0.5, 0.6) is 0 Å². The Morgan fingerprint density at radius 1 is 1.21 bits per heavy atom.